The Labute approximate surface area is 200 Å². The fourth-order valence-electron chi connectivity index (χ4n) is 4.15. The van der Waals surface area contributed by atoms with E-state index in [2.05, 4.69) is 9.88 Å². The van der Waals surface area contributed by atoms with Crippen LogP contribution in [0.5, 0.6) is 0 Å². The number of benzene rings is 3. The lowest BCUT2D eigenvalue weighted by Gasteiger charge is -2.11. The van der Waals surface area contributed by atoms with Crippen molar-refractivity contribution in [3.8, 4) is 0 Å². The number of rotatable bonds is 4. The first kappa shape index (κ1) is 21.3. The van der Waals surface area contributed by atoms with Gasteiger partial charge in [-0.2, -0.15) is 0 Å². The second kappa shape index (κ2) is 8.43. The first-order chi connectivity index (χ1) is 15.9. The van der Waals surface area contributed by atoms with E-state index in [1.54, 1.807) is 36.4 Å². The SMILES string of the molecule is Cc1c(/C=C2/NC(=O)N(c3ccccc3)C2=O)c2ccccc2n1Cc1ccc(Cl)cc1Cl. The molecule has 3 aromatic carbocycles. The molecule has 1 aliphatic rings. The summed E-state index contributed by atoms with van der Waals surface area (Å²) in [4.78, 5) is 26.8. The van der Waals surface area contributed by atoms with Crippen LogP contribution in [0.15, 0.2) is 78.5 Å². The topological polar surface area (TPSA) is 54.3 Å². The van der Waals surface area contributed by atoms with Crippen molar-refractivity contribution in [2.45, 2.75) is 13.5 Å². The van der Waals surface area contributed by atoms with Crippen LogP contribution in [-0.4, -0.2) is 16.5 Å². The van der Waals surface area contributed by atoms with Gasteiger partial charge in [0.15, 0.2) is 0 Å². The van der Waals surface area contributed by atoms with E-state index in [9.17, 15) is 9.59 Å². The Hall–Kier alpha value is -3.54. The molecule has 1 fully saturated rings. The number of imide groups is 1. The van der Waals surface area contributed by atoms with Crippen LogP contribution in [0.4, 0.5) is 10.5 Å². The van der Waals surface area contributed by atoms with Gasteiger partial charge in [-0.1, -0.05) is 65.7 Å². The van der Waals surface area contributed by atoms with Crippen molar-refractivity contribution in [1.29, 1.82) is 0 Å². The predicted molar refractivity (Wildman–Crippen MR) is 133 cm³/mol. The molecule has 2 heterocycles. The number of nitrogens with zero attached hydrogens (tertiary/aromatic N) is 2. The average Bonchev–Trinajstić information content (AvgIpc) is 3.24. The Balaban J connectivity index is 1.58. The molecular formula is C26H19Cl2N3O2. The molecule has 0 unspecified atom stereocenters. The lowest BCUT2D eigenvalue weighted by Crippen LogP contribution is -2.30. The van der Waals surface area contributed by atoms with Crippen LogP contribution in [0.3, 0.4) is 0 Å². The Morgan fingerprint density at radius 2 is 1.67 bits per heavy atom. The number of anilines is 1. The number of halogens is 2. The largest absolute Gasteiger partial charge is 0.340 e. The summed E-state index contributed by atoms with van der Waals surface area (Å²) in [6, 6.07) is 21.8. The van der Waals surface area contributed by atoms with E-state index in [4.69, 9.17) is 23.2 Å². The number of para-hydroxylation sites is 2. The van der Waals surface area contributed by atoms with Crippen LogP contribution < -0.4 is 10.2 Å². The Bertz CT molecular complexity index is 1440. The highest BCUT2D eigenvalue weighted by Gasteiger charge is 2.35. The summed E-state index contributed by atoms with van der Waals surface area (Å²) in [7, 11) is 0. The molecule has 1 aliphatic heterocycles. The predicted octanol–water partition coefficient (Wildman–Crippen LogP) is 6.40. The van der Waals surface area contributed by atoms with Crippen molar-refractivity contribution >= 4 is 57.8 Å². The van der Waals surface area contributed by atoms with Crippen LogP contribution in [0.1, 0.15) is 16.8 Å². The fourth-order valence-corrected chi connectivity index (χ4v) is 4.62. The van der Waals surface area contributed by atoms with Gasteiger partial charge in [0.05, 0.1) is 5.69 Å². The van der Waals surface area contributed by atoms with Crippen molar-refractivity contribution in [3.63, 3.8) is 0 Å². The minimum atomic E-state index is -0.466. The molecule has 0 saturated carbocycles. The van der Waals surface area contributed by atoms with E-state index >= 15 is 0 Å². The standard InChI is InChI=1S/C26H19Cl2N3O2/c1-16-21(14-23-25(32)31(26(33)29-23)19-7-3-2-4-8-19)20-9-5-6-10-24(20)30(16)15-17-11-12-18(27)13-22(17)28/h2-14H,15H2,1H3,(H,29,33)/b23-14+. The highest BCUT2D eigenvalue weighted by molar-refractivity contribution is 6.35. The van der Waals surface area contributed by atoms with Gasteiger partial charge in [0.1, 0.15) is 5.70 Å². The monoisotopic (exact) mass is 475 g/mol. The molecule has 0 atom stereocenters. The van der Waals surface area contributed by atoms with E-state index in [1.807, 2.05) is 49.4 Å². The van der Waals surface area contributed by atoms with Crippen molar-refractivity contribution in [2.24, 2.45) is 0 Å². The third-order valence-corrected chi connectivity index (χ3v) is 6.39. The summed E-state index contributed by atoms with van der Waals surface area (Å²) < 4.78 is 2.15. The molecule has 0 bridgehead atoms. The van der Waals surface area contributed by atoms with E-state index in [1.165, 1.54) is 0 Å². The molecule has 0 radical (unpaired) electrons. The normalized spacial score (nSPS) is 15.0. The first-order valence-electron chi connectivity index (χ1n) is 10.4. The van der Waals surface area contributed by atoms with Crippen molar-refractivity contribution in [3.05, 3.63) is 105 Å². The van der Waals surface area contributed by atoms with Gasteiger partial charge < -0.3 is 9.88 Å². The van der Waals surface area contributed by atoms with Gasteiger partial charge in [0.2, 0.25) is 0 Å². The van der Waals surface area contributed by atoms with Gasteiger partial charge in [0, 0.05) is 38.8 Å². The highest BCUT2D eigenvalue weighted by atomic mass is 35.5. The number of urea groups is 1. The van der Waals surface area contributed by atoms with Gasteiger partial charge in [-0.05, 0) is 48.9 Å². The Morgan fingerprint density at radius 3 is 2.42 bits per heavy atom. The summed E-state index contributed by atoms with van der Waals surface area (Å²) in [5.41, 5.74) is 4.53. The fraction of sp³-hybridized carbons (Fsp3) is 0.0769. The van der Waals surface area contributed by atoms with Gasteiger partial charge in [0.25, 0.3) is 5.91 Å². The number of carbonyl (C=O) groups excluding carboxylic acids is 2. The zero-order chi connectivity index (χ0) is 23.1. The molecule has 1 saturated heterocycles. The van der Waals surface area contributed by atoms with Crippen molar-refractivity contribution < 1.29 is 9.59 Å². The summed E-state index contributed by atoms with van der Waals surface area (Å²) >= 11 is 12.5. The number of fused-ring (bicyclic) bond motifs is 1. The number of hydrogen-bond acceptors (Lipinski definition) is 2. The van der Waals surface area contributed by atoms with E-state index in [0.29, 0.717) is 22.3 Å². The minimum Gasteiger partial charge on any atom is -0.340 e. The van der Waals surface area contributed by atoms with Gasteiger partial charge in [-0.25, -0.2) is 9.69 Å². The van der Waals surface area contributed by atoms with Gasteiger partial charge in [-0.3, -0.25) is 4.79 Å². The second-order valence-corrected chi connectivity index (χ2v) is 8.65. The third-order valence-electron chi connectivity index (χ3n) is 5.80. The number of amides is 3. The lowest BCUT2D eigenvalue weighted by atomic mass is 10.1. The summed E-state index contributed by atoms with van der Waals surface area (Å²) in [6.45, 7) is 2.54. The molecular weight excluding hydrogens is 457 g/mol. The Kier molecular flexibility index (Phi) is 5.44. The van der Waals surface area contributed by atoms with Crippen LogP contribution in [0.25, 0.3) is 17.0 Å². The average molecular weight is 476 g/mol. The molecule has 7 heteroatoms. The molecule has 33 heavy (non-hydrogen) atoms. The van der Waals surface area contributed by atoms with Crippen LogP contribution in [0, 0.1) is 6.92 Å². The number of hydrogen-bond donors (Lipinski definition) is 1. The maximum atomic E-state index is 13.1. The molecule has 0 spiro atoms. The van der Waals surface area contributed by atoms with E-state index in [0.717, 1.165) is 32.6 Å². The maximum Gasteiger partial charge on any atom is 0.333 e. The molecule has 5 rings (SSSR count). The smallest absolute Gasteiger partial charge is 0.333 e. The third kappa shape index (κ3) is 3.80. The minimum absolute atomic E-state index is 0.236. The van der Waals surface area contributed by atoms with Gasteiger partial charge >= 0.3 is 6.03 Å². The molecule has 1 N–H and O–H groups in total. The zero-order valence-electron chi connectivity index (χ0n) is 17.7. The number of nitrogens with one attached hydrogen (secondary N) is 1. The second-order valence-electron chi connectivity index (χ2n) is 7.80. The quantitative estimate of drug-likeness (QED) is 0.274. The molecule has 1 aromatic heterocycles. The van der Waals surface area contributed by atoms with Crippen LogP contribution in [-0.2, 0) is 11.3 Å². The van der Waals surface area contributed by atoms with Crippen molar-refractivity contribution in [1.82, 2.24) is 9.88 Å². The summed E-state index contributed by atoms with van der Waals surface area (Å²) in [5, 5.41) is 4.88. The summed E-state index contributed by atoms with van der Waals surface area (Å²) in [5.74, 6) is -0.386. The van der Waals surface area contributed by atoms with E-state index in [-0.39, 0.29) is 11.6 Å². The van der Waals surface area contributed by atoms with Crippen LogP contribution >= 0.6 is 23.2 Å². The number of carbonyl (C=O) groups is 2. The first-order valence-corrected chi connectivity index (χ1v) is 11.1. The van der Waals surface area contributed by atoms with E-state index < -0.39 is 6.03 Å². The zero-order valence-corrected chi connectivity index (χ0v) is 19.2. The summed E-state index contributed by atoms with van der Waals surface area (Å²) in [6.07, 6.45) is 1.75. The maximum absolute atomic E-state index is 13.1. The van der Waals surface area contributed by atoms with Crippen LogP contribution in [0.2, 0.25) is 10.0 Å². The molecule has 3 amide bonds. The molecule has 5 nitrogen and oxygen atoms in total. The van der Waals surface area contributed by atoms with Gasteiger partial charge in [-0.15, -0.1) is 0 Å². The lowest BCUT2D eigenvalue weighted by molar-refractivity contribution is -0.113. The molecule has 4 aromatic rings. The highest BCUT2D eigenvalue weighted by Crippen LogP contribution is 2.31. The molecule has 0 aliphatic carbocycles. The number of aromatic nitrogens is 1. The molecule has 164 valence electrons. The van der Waals surface area contributed by atoms with Crippen molar-refractivity contribution in [2.75, 3.05) is 4.90 Å². The Morgan fingerprint density at radius 1 is 0.939 bits per heavy atom.